The minimum Gasteiger partial charge on any atom is -0.348 e. The number of carbonyl (C=O) groups excluding carboxylic acids is 2. The quantitative estimate of drug-likeness (QED) is 0.627. The van der Waals surface area contributed by atoms with Gasteiger partial charge in [-0.3, -0.25) is 14.6 Å². The van der Waals surface area contributed by atoms with E-state index in [1.165, 1.54) is 13.1 Å². The maximum Gasteiger partial charge on any atom is 0.253 e. The number of pyridine rings is 2. The highest BCUT2D eigenvalue weighted by molar-refractivity contribution is 5.94. The van der Waals surface area contributed by atoms with Gasteiger partial charge in [-0.15, -0.1) is 0 Å². The van der Waals surface area contributed by atoms with Gasteiger partial charge in [-0.05, 0) is 48.0 Å². The molecule has 0 bridgehead atoms. The summed E-state index contributed by atoms with van der Waals surface area (Å²) in [6, 6.07) is 14.4. The van der Waals surface area contributed by atoms with Crippen LogP contribution in [0.4, 0.5) is 17.2 Å². The highest BCUT2D eigenvalue weighted by atomic mass is 16.2. The van der Waals surface area contributed by atoms with E-state index in [9.17, 15) is 9.59 Å². The Morgan fingerprint density at radius 3 is 2.37 bits per heavy atom. The Labute approximate surface area is 156 Å². The number of carbonyl (C=O) groups is 2. The zero-order valence-corrected chi connectivity index (χ0v) is 14.8. The second kappa shape index (κ2) is 8.57. The molecule has 136 valence electrons. The van der Waals surface area contributed by atoms with Crippen LogP contribution in [0.5, 0.6) is 0 Å². The fourth-order valence-corrected chi connectivity index (χ4v) is 2.38. The van der Waals surface area contributed by atoms with Crippen molar-refractivity contribution in [2.75, 3.05) is 10.6 Å². The number of nitrogens with zero attached hydrogens (tertiary/aromatic N) is 2. The Hall–Kier alpha value is -3.74. The molecule has 0 saturated heterocycles. The first kappa shape index (κ1) is 18.1. The van der Waals surface area contributed by atoms with Crippen molar-refractivity contribution in [3.63, 3.8) is 0 Å². The molecule has 1 aromatic carbocycles. The zero-order valence-electron chi connectivity index (χ0n) is 14.8. The molecule has 0 aliphatic carbocycles. The largest absolute Gasteiger partial charge is 0.348 e. The summed E-state index contributed by atoms with van der Waals surface area (Å²) in [5, 5.41) is 8.69. The van der Waals surface area contributed by atoms with Crippen molar-refractivity contribution in [3.8, 4) is 0 Å². The normalized spacial score (nSPS) is 10.1. The van der Waals surface area contributed by atoms with Crippen molar-refractivity contribution in [1.29, 1.82) is 0 Å². The summed E-state index contributed by atoms with van der Waals surface area (Å²) in [4.78, 5) is 31.5. The predicted octanol–water partition coefficient (Wildman–Crippen LogP) is 3.11. The minimum absolute atomic E-state index is 0.116. The van der Waals surface area contributed by atoms with Gasteiger partial charge in [0.05, 0.1) is 5.56 Å². The average molecular weight is 361 g/mol. The third-order valence-electron chi connectivity index (χ3n) is 3.68. The van der Waals surface area contributed by atoms with E-state index in [2.05, 4.69) is 25.9 Å². The lowest BCUT2D eigenvalue weighted by atomic mass is 10.2. The monoisotopic (exact) mass is 361 g/mol. The van der Waals surface area contributed by atoms with Crippen molar-refractivity contribution in [2.24, 2.45) is 0 Å². The Kier molecular flexibility index (Phi) is 5.73. The lowest BCUT2D eigenvalue weighted by molar-refractivity contribution is -0.114. The van der Waals surface area contributed by atoms with E-state index in [0.717, 1.165) is 16.9 Å². The van der Waals surface area contributed by atoms with Gasteiger partial charge in [-0.1, -0.05) is 6.07 Å². The molecule has 0 saturated carbocycles. The van der Waals surface area contributed by atoms with Crippen LogP contribution in [0.3, 0.4) is 0 Å². The second-order valence-corrected chi connectivity index (χ2v) is 5.86. The van der Waals surface area contributed by atoms with Crippen LogP contribution in [0.15, 0.2) is 67.1 Å². The van der Waals surface area contributed by atoms with Gasteiger partial charge in [0.2, 0.25) is 5.91 Å². The molecule has 2 heterocycles. The highest BCUT2D eigenvalue weighted by Crippen LogP contribution is 2.17. The van der Waals surface area contributed by atoms with E-state index < -0.39 is 0 Å². The van der Waals surface area contributed by atoms with E-state index in [1.54, 1.807) is 36.7 Å². The Balaban J connectivity index is 1.56. The zero-order chi connectivity index (χ0) is 19.1. The molecule has 0 aliphatic rings. The predicted molar refractivity (Wildman–Crippen MR) is 104 cm³/mol. The molecule has 0 aliphatic heterocycles. The lowest BCUT2D eigenvalue weighted by Crippen LogP contribution is -2.22. The van der Waals surface area contributed by atoms with Gasteiger partial charge in [0.15, 0.2) is 0 Å². The topological polar surface area (TPSA) is 96.0 Å². The molecule has 27 heavy (non-hydrogen) atoms. The maximum absolute atomic E-state index is 12.2. The molecule has 2 amide bonds. The number of rotatable bonds is 6. The second-order valence-electron chi connectivity index (χ2n) is 5.86. The van der Waals surface area contributed by atoms with E-state index >= 15 is 0 Å². The van der Waals surface area contributed by atoms with Crippen LogP contribution >= 0.6 is 0 Å². The molecule has 2 aromatic heterocycles. The van der Waals surface area contributed by atoms with E-state index in [4.69, 9.17) is 0 Å². The molecule has 0 fully saturated rings. The number of benzene rings is 1. The molecule has 7 nitrogen and oxygen atoms in total. The molecule has 7 heteroatoms. The van der Waals surface area contributed by atoms with Crippen molar-refractivity contribution < 1.29 is 9.59 Å². The molecule has 0 spiro atoms. The summed E-state index contributed by atoms with van der Waals surface area (Å²) < 4.78 is 0. The van der Waals surface area contributed by atoms with Crippen LogP contribution in [0, 0.1) is 0 Å². The average Bonchev–Trinajstić information content (AvgIpc) is 2.69. The third-order valence-corrected chi connectivity index (χ3v) is 3.68. The van der Waals surface area contributed by atoms with Gasteiger partial charge in [-0.25, -0.2) is 4.98 Å². The van der Waals surface area contributed by atoms with E-state index in [1.807, 2.05) is 24.3 Å². The first-order valence-electron chi connectivity index (χ1n) is 8.38. The summed E-state index contributed by atoms with van der Waals surface area (Å²) in [6.45, 7) is 1.87. The number of hydrogen-bond donors (Lipinski definition) is 3. The smallest absolute Gasteiger partial charge is 0.253 e. The van der Waals surface area contributed by atoms with Gasteiger partial charge in [-0.2, -0.15) is 0 Å². The molecular formula is C20H19N5O2. The van der Waals surface area contributed by atoms with Crippen molar-refractivity contribution >= 4 is 29.0 Å². The maximum atomic E-state index is 12.2. The molecular weight excluding hydrogens is 342 g/mol. The van der Waals surface area contributed by atoms with Crippen molar-refractivity contribution in [2.45, 2.75) is 13.5 Å². The van der Waals surface area contributed by atoms with Gasteiger partial charge < -0.3 is 16.0 Å². The lowest BCUT2D eigenvalue weighted by Gasteiger charge is -2.08. The van der Waals surface area contributed by atoms with Crippen molar-refractivity contribution in [3.05, 3.63) is 78.2 Å². The Morgan fingerprint density at radius 2 is 1.74 bits per heavy atom. The summed E-state index contributed by atoms with van der Waals surface area (Å²) >= 11 is 0. The van der Waals surface area contributed by atoms with Gasteiger partial charge in [0, 0.05) is 43.4 Å². The Morgan fingerprint density at radius 1 is 0.963 bits per heavy atom. The van der Waals surface area contributed by atoms with Gasteiger partial charge >= 0.3 is 0 Å². The fourth-order valence-electron chi connectivity index (χ4n) is 2.38. The highest BCUT2D eigenvalue weighted by Gasteiger charge is 2.06. The minimum atomic E-state index is -0.197. The van der Waals surface area contributed by atoms with Gasteiger partial charge in [0.25, 0.3) is 5.91 Å². The molecule has 3 aromatic rings. The van der Waals surface area contributed by atoms with Crippen LogP contribution in [-0.4, -0.2) is 21.8 Å². The van der Waals surface area contributed by atoms with Crippen LogP contribution in [-0.2, 0) is 11.3 Å². The fraction of sp³-hybridized carbons (Fsp3) is 0.100. The van der Waals surface area contributed by atoms with Crippen LogP contribution in [0.2, 0.25) is 0 Å². The number of nitrogens with one attached hydrogen (secondary N) is 3. The Bertz CT molecular complexity index is 909. The molecule has 0 atom stereocenters. The third kappa shape index (κ3) is 5.37. The summed E-state index contributed by atoms with van der Waals surface area (Å²) in [6.07, 6.45) is 4.92. The number of aromatic nitrogens is 2. The molecule has 3 rings (SSSR count). The number of hydrogen-bond acceptors (Lipinski definition) is 5. The van der Waals surface area contributed by atoms with Crippen molar-refractivity contribution in [1.82, 2.24) is 15.3 Å². The summed E-state index contributed by atoms with van der Waals surface area (Å²) in [7, 11) is 0. The number of amides is 2. The summed E-state index contributed by atoms with van der Waals surface area (Å²) in [5.74, 6) is 0.304. The van der Waals surface area contributed by atoms with Gasteiger partial charge in [0.1, 0.15) is 5.82 Å². The standard InChI is InChI=1S/C20H19N5O2/c1-14(26)24-17-5-7-18(8-6-17)25-19-9-4-16(13-22-19)20(27)23-12-15-3-2-10-21-11-15/h2-11,13H,12H2,1H3,(H,22,25)(H,23,27)(H,24,26). The van der Waals surface area contributed by atoms with E-state index in [-0.39, 0.29) is 11.8 Å². The van der Waals surface area contributed by atoms with Crippen LogP contribution in [0.25, 0.3) is 0 Å². The van der Waals surface area contributed by atoms with Crippen LogP contribution in [0.1, 0.15) is 22.8 Å². The molecule has 0 radical (unpaired) electrons. The SMILES string of the molecule is CC(=O)Nc1ccc(Nc2ccc(C(=O)NCc3cccnc3)cn2)cc1. The molecule has 3 N–H and O–H groups in total. The van der Waals surface area contributed by atoms with Crippen LogP contribution < -0.4 is 16.0 Å². The number of anilines is 3. The molecule has 0 unspecified atom stereocenters. The first-order valence-corrected chi connectivity index (χ1v) is 8.38. The van der Waals surface area contributed by atoms with E-state index in [0.29, 0.717) is 17.9 Å². The summed E-state index contributed by atoms with van der Waals surface area (Å²) in [5.41, 5.74) is 2.96. The first-order chi connectivity index (χ1) is 13.1.